The highest BCUT2D eigenvalue weighted by molar-refractivity contribution is 5.90. The second-order valence-electron chi connectivity index (χ2n) is 6.41. The number of rotatable bonds is 5. The van der Waals surface area contributed by atoms with Gasteiger partial charge >= 0.3 is 6.03 Å². The van der Waals surface area contributed by atoms with E-state index in [1.165, 1.54) is 0 Å². The predicted molar refractivity (Wildman–Crippen MR) is 93.4 cm³/mol. The molecule has 1 atom stereocenters. The lowest BCUT2D eigenvalue weighted by Crippen LogP contribution is -2.31. The molecular weight excluding hydrogens is 334 g/mol. The number of benzene rings is 1. The SMILES string of the molecule is Cc1nc(-c2cccc(NC(=O)N[C@@H](C)c3nc(C4CC4)no3)c2)n[nH]1. The van der Waals surface area contributed by atoms with Crippen molar-refractivity contribution in [1.82, 2.24) is 30.6 Å². The van der Waals surface area contributed by atoms with Gasteiger partial charge in [0.2, 0.25) is 5.89 Å². The maximum Gasteiger partial charge on any atom is 0.319 e. The number of aryl methyl sites for hydroxylation is 1. The molecule has 1 saturated carbocycles. The number of aromatic amines is 1. The topological polar surface area (TPSA) is 122 Å². The number of H-pyrrole nitrogens is 1. The summed E-state index contributed by atoms with van der Waals surface area (Å²) in [6.07, 6.45) is 2.20. The van der Waals surface area contributed by atoms with Gasteiger partial charge in [0.15, 0.2) is 11.6 Å². The van der Waals surface area contributed by atoms with Gasteiger partial charge in [-0.15, -0.1) is 0 Å². The van der Waals surface area contributed by atoms with E-state index in [-0.39, 0.29) is 12.1 Å². The summed E-state index contributed by atoms with van der Waals surface area (Å²) in [5.74, 6) is 2.86. The summed E-state index contributed by atoms with van der Waals surface area (Å²) in [5.41, 5.74) is 1.45. The standard InChI is InChI=1S/C17H19N7O2/c1-9(16-21-15(24-26-16)11-6-7-11)18-17(25)20-13-5-3-4-12(8-13)14-19-10(2)22-23-14/h3-5,8-9,11H,6-7H2,1-2H3,(H2,18,20,25)(H,19,22,23)/t9-/m0/s1. The lowest BCUT2D eigenvalue weighted by Gasteiger charge is -2.11. The fourth-order valence-corrected chi connectivity index (χ4v) is 2.56. The van der Waals surface area contributed by atoms with Gasteiger partial charge < -0.3 is 15.2 Å². The lowest BCUT2D eigenvalue weighted by atomic mass is 10.2. The summed E-state index contributed by atoms with van der Waals surface area (Å²) in [5, 5.41) is 16.5. The smallest absolute Gasteiger partial charge is 0.319 e. The van der Waals surface area contributed by atoms with Crippen molar-refractivity contribution in [3.63, 3.8) is 0 Å². The Hall–Kier alpha value is -3.23. The Morgan fingerprint density at radius 2 is 2.19 bits per heavy atom. The van der Waals surface area contributed by atoms with Crippen LogP contribution in [0.25, 0.3) is 11.4 Å². The monoisotopic (exact) mass is 353 g/mol. The molecule has 2 amide bonds. The van der Waals surface area contributed by atoms with Gasteiger partial charge in [-0.1, -0.05) is 17.3 Å². The van der Waals surface area contributed by atoms with E-state index in [1.807, 2.05) is 25.1 Å². The molecule has 3 N–H and O–H groups in total. The van der Waals surface area contributed by atoms with E-state index in [1.54, 1.807) is 13.0 Å². The van der Waals surface area contributed by atoms with Crippen LogP contribution in [0.3, 0.4) is 0 Å². The van der Waals surface area contributed by atoms with Crippen LogP contribution < -0.4 is 10.6 Å². The zero-order chi connectivity index (χ0) is 18.1. The highest BCUT2D eigenvalue weighted by atomic mass is 16.5. The third-order valence-electron chi connectivity index (χ3n) is 4.09. The average Bonchev–Trinajstić information content (AvgIpc) is 3.17. The van der Waals surface area contributed by atoms with Crippen molar-refractivity contribution in [2.45, 2.75) is 38.6 Å². The summed E-state index contributed by atoms with van der Waals surface area (Å²) < 4.78 is 5.23. The summed E-state index contributed by atoms with van der Waals surface area (Å²) in [6.45, 7) is 3.64. The first-order valence-corrected chi connectivity index (χ1v) is 8.49. The van der Waals surface area contributed by atoms with Gasteiger partial charge in [0, 0.05) is 17.2 Å². The minimum Gasteiger partial charge on any atom is -0.337 e. The van der Waals surface area contributed by atoms with Gasteiger partial charge in [-0.25, -0.2) is 9.78 Å². The molecule has 4 rings (SSSR count). The Morgan fingerprint density at radius 3 is 2.92 bits per heavy atom. The molecule has 1 aromatic carbocycles. The number of nitrogens with one attached hydrogen (secondary N) is 3. The minimum atomic E-state index is -0.381. The van der Waals surface area contributed by atoms with Gasteiger partial charge in [-0.3, -0.25) is 5.10 Å². The number of carbonyl (C=O) groups excluding carboxylic acids is 1. The van der Waals surface area contributed by atoms with Gasteiger partial charge in [0.25, 0.3) is 0 Å². The van der Waals surface area contributed by atoms with E-state index in [0.717, 1.165) is 30.1 Å². The van der Waals surface area contributed by atoms with Crippen molar-refractivity contribution in [3.05, 3.63) is 41.8 Å². The molecule has 9 nitrogen and oxygen atoms in total. The van der Waals surface area contributed by atoms with Gasteiger partial charge in [0.05, 0.1) is 0 Å². The van der Waals surface area contributed by atoms with Crippen molar-refractivity contribution in [2.24, 2.45) is 0 Å². The second kappa shape index (κ2) is 6.58. The van der Waals surface area contributed by atoms with E-state index < -0.39 is 0 Å². The molecule has 0 radical (unpaired) electrons. The van der Waals surface area contributed by atoms with Crippen LogP contribution in [0.1, 0.15) is 49.3 Å². The molecule has 26 heavy (non-hydrogen) atoms. The summed E-state index contributed by atoms with van der Waals surface area (Å²) in [7, 11) is 0. The van der Waals surface area contributed by atoms with Gasteiger partial charge in [-0.05, 0) is 38.8 Å². The molecule has 1 aliphatic rings. The highest BCUT2D eigenvalue weighted by Gasteiger charge is 2.29. The first-order chi connectivity index (χ1) is 12.6. The van der Waals surface area contributed by atoms with Crippen LogP contribution in [-0.2, 0) is 0 Å². The Bertz CT molecular complexity index is 929. The summed E-state index contributed by atoms with van der Waals surface area (Å²) >= 11 is 0. The Morgan fingerprint density at radius 1 is 1.35 bits per heavy atom. The molecule has 2 heterocycles. The average molecular weight is 353 g/mol. The number of aromatic nitrogens is 5. The van der Waals surface area contributed by atoms with E-state index in [0.29, 0.717) is 23.3 Å². The number of nitrogens with zero attached hydrogens (tertiary/aromatic N) is 4. The molecule has 1 fully saturated rings. The molecule has 3 aromatic rings. The van der Waals surface area contributed by atoms with Crippen LogP contribution in [0.4, 0.5) is 10.5 Å². The third-order valence-corrected chi connectivity index (χ3v) is 4.09. The number of hydrogen-bond donors (Lipinski definition) is 3. The normalized spacial score (nSPS) is 14.8. The minimum absolute atomic E-state index is 0.355. The fraction of sp³-hybridized carbons (Fsp3) is 0.353. The maximum absolute atomic E-state index is 12.3. The first kappa shape index (κ1) is 16.2. The molecule has 0 spiro atoms. The fourth-order valence-electron chi connectivity index (χ4n) is 2.56. The largest absolute Gasteiger partial charge is 0.337 e. The molecular formula is C17H19N7O2. The molecule has 0 unspecified atom stereocenters. The van der Waals surface area contributed by atoms with Crippen molar-refractivity contribution in [2.75, 3.05) is 5.32 Å². The van der Waals surface area contributed by atoms with Crippen LogP contribution in [-0.4, -0.2) is 31.4 Å². The van der Waals surface area contributed by atoms with Crippen molar-refractivity contribution >= 4 is 11.7 Å². The maximum atomic E-state index is 12.3. The Balaban J connectivity index is 1.39. The second-order valence-corrected chi connectivity index (χ2v) is 6.41. The van der Waals surface area contributed by atoms with Crippen LogP contribution in [0.15, 0.2) is 28.8 Å². The number of hydrogen-bond acceptors (Lipinski definition) is 6. The summed E-state index contributed by atoms with van der Waals surface area (Å²) in [4.78, 5) is 20.9. The van der Waals surface area contributed by atoms with Crippen LogP contribution in [0.5, 0.6) is 0 Å². The zero-order valence-corrected chi connectivity index (χ0v) is 14.5. The Kier molecular flexibility index (Phi) is 4.11. The quantitative estimate of drug-likeness (QED) is 0.648. The lowest BCUT2D eigenvalue weighted by molar-refractivity contribution is 0.245. The Labute approximate surface area is 149 Å². The first-order valence-electron chi connectivity index (χ1n) is 8.49. The highest BCUT2D eigenvalue weighted by Crippen LogP contribution is 2.38. The van der Waals surface area contributed by atoms with Crippen molar-refractivity contribution in [3.8, 4) is 11.4 Å². The van der Waals surface area contributed by atoms with Crippen molar-refractivity contribution in [1.29, 1.82) is 0 Å². The molecule has 9 heteroatoms. The number of amides is 2. The van der Waals surface area contributed by atoms with Gasteiger partial charge in [0.1, 0.15) is 11.9 Å². The third kappa shape index (κ3) is 3.56. The molecule has 2 aromatic heterocycles. The molecule has 134 valence electrons. The number of urea groups is 1. The molecule has 0 aliphatic heterocycles. The van der Waals surface area contributed by atoms with Crippen LogP contribution in [0.2, 0.25) is 0 Å². The van der Waals surface area contributed by atoms with E-state index in [9.17, 15) is 4.79 Å². The summed E-state index contributed by atoms with van der Waals surface area (Å²) in [6, 6.07) is 6.59. The van der Waals surface area contributed by atoms with E-state index in [2.05, 4.69) is 36.0 Å². The van der Waals surface area contributed by atoms with Gasteiger partial charge in [-0.2, -0.15) is 10.1 Å². The van der Waals surface area contributed by atoms with Crippen molar-refractivity contribution < 1.29 is 9.32 Å². The van der Waals surface area contributed by atoms with E-state index in [4.69, 9.17) is 4.52 Å². The number of anilines is 1. The van der Waals surface area contributed by atoms with Crippen LogP contribution in [0, 0.1) is 6.92 Å². The molecule has 0 bridgehead atoms. The predicted octanol–water partition coefficient (Wildman–Crippen LogP) is 2.92. The molecule has 0 saturated heterocycles. The molecule has 1 aliphatic carbocycles. The van der Waals surface area contributed by atoms with Crippen LogP contribution >= 0.6 is 0 Å². The zero-order valence-electron chi connectivity index (χ0n) is 14.5. The van der Waals surface area contributed by atoms with E-state index >= 15 is 0 Å². The number of carbonyl (C=O) groups is 1.